The predicted molar refractivity (Wildman–Crippen MR) is 93.1 cm³/mol. The van der Waals surface area contributed by atoms with Gasteiger partial charge in [-0.15, -0.1) is 5.10 Å². The molecule has 3 rings (SSSR count). The summed E-state index contributed by atoms with van der Waals surface area (Å²) in [6.45, 7) is 2.74. The van der Waals surface area contributed by atoms with Gasteiger partial charge >= 0.3 is 0 Å². The van der Waals surface area contributed by atoms with Crippen LogP contribution in [0.5, 0.6) is 0 Å². The molecule has 0 atom stereocenters. The fourth-order valence-corrected chi connectivity index (χ4v) is 2.23. The Kier molecular flexibility index (Phi) is 4.68. The Hall–Kier alpha value is -2.66. The van der Waals surface area contributed by atoms with Gasteiger partial charge in [0.2, 0.25) is 5.95 Å². The topological polar surface area (TPSA) is 62.7 Å². The molecule has 0 saturated heterocycles. The van der Waals surface area contributed by atoms with Gasteiger partial charge in [-0.25, -0.2) is 0 Å². The van der Waals surface area contributed by atoms with E-state index in [-0.39, 0.29) is 0 Å². The van der Waals surface area contributed by atoms with E-state index in [0.29, 0.717) is 23.3 Å². The summed E-state index contributed by atoms with van der Waals surface area (Å²) >= 11 is 5.96. The van der Waals surface area contributed by atoms with Gasteiger partial charge in [0, 0.05) is 17.3 Å². The maximum absolute atomic E-state index is 5.96. The molecule has 5 nitrogen and oxygen atoms in total. The monoisotopic (exact) mass is 325 g/mol. The van der Waals surface area contributed by atoms with Gasteiger partial charge in [0.1, 0.15) is 0 Å². The molecule has 1 heterocycles. The first kappa shape index (κ1) is 15.2. The van der Waals surface area contributed by atoms with E-state index in [1.165, 1.54) is 11.1 Å². The smallest absolute Gasteiger partial charge is 0.249 e. The lowest BCUT2D eigenvalue weighted by Gasteiger charge is -2.08. The number of rotatable bonds is 5. The van der Waals surface area contributed by atoms with Crippen molar-refractivity contribution < 1.29 is 0 Å². The van der Waals surface area contributed by atoms with Crippen LogP contribution >= 0.6 is 11.6 Å². The summed E-state index contributed by atoms with van der Waals surface area (Å²) < 4.78 is 0. The van der Waals surface area contributed by atoms with Crippen LogP contribution in [0.15, 0.2) is 54.7 Å². The number of aromatic nitrogens is 3. The van der Waals surface area contributed by atoms with Gasteiger partial charge in [0.25, 0.3) is 0 Å². The van der Waals surface area contributed by atoms with Crippen LogP contribution in [0.4, 0.5) is 17.5 Å². The molecule has 23 heavy (non-hydrogen) atoms. The van der Waals surface area contributed by atoms with Crippen LogP contribution in [0.25, 0.3) is 0 Å². The van der Waals surface area contributed by atoms with Crippen LogP contribution < -0.4 is 10.6 Å². The van der Waals surface area contributed by atoms with Crippen LogP contribution in [-0.4, -0.2) is 15.2 Å². The molecule has 3 aromatic rings. The number of anilines is 3. The number of hydrogen-bond donors (Lipinski definition) is 2. The Bertz CT molecular complexity index is 789. The molecule has 0 bridgehead atoms. The minimum absolute atomic E-state index is 0.418. The van der Waals surface area contributed by atoms with E-state index in [2.05, 4.69) is 57.0 Å². The lowest BCUT2D eigenvalue weighted by Crippen LogP contribution is -2.05. The van der Waals surface area contributed by atoms with Gasteiger partial charge in [-0.3, -0.25) is 0 Å². The Balaban J connectivity index is 1.66. The fourth-order valence-electron chi connectivity index (χ4n) is 2.04. The van der Waals surface area contributed by atoms with Crippen LogP contribution in [-0.2, 0) is 6.54 Å². The summed E-state index contributed by atoms with van der Waals surface area (Å²) in [4.78, 5) is 4.39. The molecule has 1 aromatic heterocycles. The highest BCUT2D eigenvalue weighted by Crippen LogP contribution is 2.18. The zero-order chi connectivity index (χ0) is 16.1. The molecule has 6 heteroatoms. The minimum atomic E-state index is 0.418. The molecule has 0 saturated carbocycles. The molecule has 0 amide bonds. The summed E-state index contributed by atoms with van der Waals surface area (Å²) in [7, 11) is 0. The Morgan fingerprint density at radius 1 is 1.09 bits per heavy atom. The number of aryl methyl sites for hydroxylation is 1. The number of nitrogens with one attached hydrogen (secondary N) is 2. The second-order valence-corrected chi connectivity index (χ2v) is 5.58. The van der Waals surface area contributed by atoms with Crippen molar-refractivity contribution >= 4 is 29.1 Å². The molecule has 0 radical (unpaired) electrons. The van der Waals surface area contributed by atoms with E-state index >= 15 is 0 Å². The molecule has 0 aliphatic heterocycles. The van der Waals surface area contributed by atoms with E-state index in [9.17, 15) is 0 Å². The third-order valence-corrected chi connectivity index (χ3v) is 3.47. The summed E-state index contributed by atoms with van der Waals surface area (Å²) in [5.41, 5.74) is 3.24. The predicted octanol–water partition coefficient (Wildman–Crippen LogP) is 4.19. The van der Waals surface area contributed by atoms with E-state index in [4.69, 9.17) is 11.6 Å². The van der Waals surface area contributed by atoms with Crippen molar-refractivity contribution in [3.05, 3.63) is 70.9 Å². The maximum atomic E-state index is 5.96. The van der Waals surface area contributed by atoms with Crippen molar-refractivity contribution in [1.82, 2.24) is 15.2 Å². The normalized spacial score (nSPS) is 10.3. The van der Waals surface area contributed by atoms with Crippen LogP contribution in [0.3, 0.4) is 0 Å². The van der Waals surface area contributed by atoms with Crippen molar-refractivity contribution in [3.8, 4) is 0 Å². The standard InChI is InChI=1S/C17H16ClN5/c1-12-5-7-13(8-6-12)10-19-16-11-20-23-17(22-16)21-15-4-2-3-14(18)9-15/h2-9,11H,10H2,1H3,(H2,19,21,22,23). The van der Waals surface area contributed by atoms with E-state index in [1.54, 1.807) is 12.3 Å². The van der Waals surface area contributed by atoms with Crippen molar-refractivity contribution in [3.63, 3.8) is 0 Å². The van der Waals surface area contributed by atoms with Gasteiger partial charge in [-0.05, 0) is 30.7 Å². The SMILES string of the molecule is Cc1ccc(CNc2cnnc(Nc3cccc(Cl)c3)n2)cc1. The van der Waals surface area contributed by atoms with Gasteiger partial charge in [0.15, 0.2) is 5.82 Å². The van der Waals surface area contributed by atoms with Crippen LogP contribution in [0, 0.1) is 6.92 Å². The van der Waals surface area contributed by atoms with Crippen molar-refractivity contribution in [2.45, 2.75) is 13.5 Å². The molecule has 0 unspecified atom stereocenters. The third-order valence-electron chi connectivity index (χ3n) is 3.23. The molecule has 0 aliphatic carbocycles. The third kappa shape index (κ3) is 4.40. The second-order valence-electron chi connectivity index (χ2n) is 5.14. The number of halogens is 1. The van der Waals surface area contributed by atoms with Crippen molar-refractivity contribution in [2.24, 2.45) is 0 Å². The van der Waals surface area contributed by atoms with Crippen molar-refractivity contribution in [2.75, 3.05) is 10.6 Å². The highest BCUT2D eigenvalue weighted by molar-refractivity contribution is 6.30. The summed E-state index contributed by atoms with van der Waals surface area (Å²) in [5, 5.41) is 14.9. The second kappa shape index (κ2) is 7.07. The van der Waals surface area contributed by atoms with E-state index in [1.807, 2.05) is 18.2 Å². The first-order valence-electron chi connectivity index (χ1n) is 7.21. The van der Waals surface area contributed by atoms with E-state index < -0.39 is 0 Å². The van der Waals surface area contributed by atoms with E-state index in [0.717, 1.165) is 5.69 Å². The summed E-state index contributed by atoms with van der Waals surface area (Å²) in [5.74, 6) is 1.08. The average Bonchev–Trinajstić information content (AvgIpc) is 2.55. The maximum Gasteiger partial charge on any atom is 0.249 e. The lowest BCUT2D eigenvalue weighted by atomic mass is 10.1. The minimum Gasteiger partial charge on any atom is -0.365 e. The summed E-state index contributed by atoms with van der Waals surface area (Å²) in [6, 6.07) is 15.7. The molecule has 0 spiro atoms. The van der Waals surface area contributed by atoms with Crippen molar-refractivity contribution in [1.29, 1.82) is 0 Å². The zero-order valence-corrected chi connectivity index (χ0v) is 13.4. The molecule has 0 aliphatic rings. The summed E-state index contributed by atoms with van der Waals surface area (Å²) in [6.07, 6.45) is 1.59. The molecular weight excluding hydrogens is 310 g/mol. The molecule has 116 valence electrons. The highest BCUT2D eigenvalue weighted by atomic mass is 35.5. The molecule has 0 fully saturated rings. The molecule has 2 aromatic carbocycles. The average molecular weight is 326 g/mol. The first-order valence-corrected chi connectivity index (χ1v) is 7.58. The highest BCUT2D eigenvalue weighted by Gasteiger charge is 2.02. The largest absolute Gasteiger partial charge is 0.365 e. The lowest BCUT2D eigenvalue weighted by molar-refractivity contribution is 0.966. The Morgan fingerprint density at radius 2 is 1.91 bits per heavy atom. The van der Waals surface area contributed by atoms with Crippen LogP contribution in [0.1, 0.15) is 11.1 Å². The molecule has 2 N–H and O–H groups in total. The Morgan fingerprint density at radius 3 is 2.70 bits per heavy atom. The Labute approximate surface area is 139 Å². The van der Waals surface area contributed by atoms with Gasteiger partial charge in [0.05, 0.1) is 6.20 Å². The van der Waals surface area contributed by atoms with Crippen LogP contribution in [0.2, 0.25) is 5.02 Å². The van der Waals surface area contributed by atoms with Gasteiger partial charge in [-0.1, -0.05) is 47.5 Å². The quantitative estimate of drug-likeness (QED) is 0.736. The number of benzene rings is 2. The van der Waals surface area contributed by atoms with Gasteiger partial charge < -0.3 is 10.6 Å². The van der Waals surface area contributed by atoms with Gasteiger partial charge in [-0.2, -0.15) is 10.1 Å². The molecular formula is C17H16ClN5. The fraction of sp³-hybridized carbons (Fsp3) is 0.118. The first-order chi connectivity index (χ1) is 11.2. The number of nitrogens with zero attached hydrogens (tertiary/aromatic N) is 3. The number of hydrogen-bond acceptors (Lipinski definition) is 5. The zero-order valence-electron chi connectivity index (χ0n) is 12.6.